The van der Waals surface area contributed by atoms with Crippen LogP contribution in [0.2, 0.25) is 0 Å². The molecular formula is C16H23FN2S. The van der Waals surface area contributed by atoms with Crippen LogP contribution in [-0.2, 0) is 0 Å². The van der Waals surface area contributed by atoms with Crippen LogP contribution in [0.1, 0.15) is 40.0 Å². The molecule has 2 nitrogen and oxygen atoms in total. The van der Waals surface area contributed by atoms with Crippen molar-refractivity contribution in [3.63, 3.8) is 0 Å². The number of para-hydroxylation sites is 1. The van der Waals surface area contributed by atoms with Gasteiger partial charge in [-0.1, -0.05) is 32.9 Å². The van der Waals surface area contributed by atoms with E-state index < -0.39 is 0 Å². The van der Waals surface area contributed by atoms with Crippen molar-refractivity contribution in [1.29, 1.82) is 0 Å². The van der Waals surface area contributed by atoms with Gasteiger partial charge in [0.05, 0.1) is 5.69 Å². The van der Waals surface area contributed by atoms with Crippen LogP contribution in [0.15, 0.2) is 24.3 Å². The third kappa shape index (κ3) is 4.17. The number of rotatable bonds is 2. The summed E-state index contributed by atoms with van der Waals surface area (Å²) in [7, 11) is 0. The third-order valence-electron chi connectivity index (χ3n) is 3.84. The van der Waals surface area contributed by atoms with E-state index in [0.29, 0.717) is 28.2 Å². The number of hydrogen-bond acceptors (Lipinski definition) is 1. The lowest BCUT2D eigenvalue weighted by Crippen LogP contribution is -2.44. The van der Waals surface area contributed by atoms with Gasteiger partial charge in [-0.2, -0.15) is 0 Å². The van der Waals surface area contributed by atoms with Gasteiger partial charge in [0.1, 0.15) is 5.82 Å². The van der Waals surface area contributed by atoms with Crippen molar-refractivity contribution in [2.24, 2.45) is 11.3 Å². The molecule has 0 aliphatic heterocycles. The highest BCUT2D eigenvalue weighted by Gasteiger charge is 2.32. The number of hydrogen-bond donors (Lipinski definition) is 2. The van der Waals surface area contributed by atoms with E-state index in [1.165, 1.54) is 12.5 Å². The molecule has 1 aromatic carbocycles. The number of thiocarbonyl (C=S) groups is 1. The van der Waals surface area contributed by atoms with Gasteiger partial charge in [0, 0.05) is 6.04 Å². The highest BCUT2D eigenvalue weighted by atomic mass is 32.1. The van der Waals surface area contributed by atoms with E-state index in [2.05, 4.69) is 31.4 Å². The van der Waals surface area contributed by atoms with Gasteiger partial charge in [-0.3, -0.25) is 0 Å². The second-order valence-electron chi connectivity index (χ2n) is 6.69. The van der Waals surface area contributed by atoms with Crippen molar-refractivity contribution in [3.8, 4) is 0 Å². The molecule has 2 atom stereocenters. The van der Waals surface area contributed by atoms with Gasteiger partial charge in [-0.05, 0) is 54.9 Å². The smallest absolute Gasteiger partial charge is 0.171 e. The topological polar surface area (TPSA) is 24.1 Å². The molecule has 1 aliphatic rings. The molecule has 1 saturated carbocycles. The zero-order valence-electron chi connectivity index (χ0n) is 12.4. The lowest BCUT2D eigenvalue weighted by atomic mass is 9.71. The first-order valence-electron chi connectivity index (χ1n) is 7.18. The van der Waals surface area contributed by atoms with Gasteiger partial charge in [0.25, 0.3) is 0 Å². The lowest BCUT2D eigenvalue weighted by Gasteiger charge is -2.39. The van der Waals surface area contributed by atoms with Gasteiger partial charge in [-0.25, -0.2) is 4.39 Å². The number of anilines is 1. The molecule has 0 radical (unpaired) electrons. The van der Waals surface area contributed by atoms with Gasteiger partial charge < -0.3 is 10.6 Å². The molecule has 0 aromatic heterocycles. The Morgan fingerprint density at radius 3 is 2.65 bits per heavy atom. The Morgan fingerprint density at radius 1 is 1.30 bits per heavy atom. The number of halogens is 1. The summed E-state index contributed by atoms with van der Waals surface area (Å²) in [5.74, 6) is 0.404. The first kappa shape index (κ1) is 15.2. The summed E-state index contributed by atoms with van der Waals surface area (Å²) >= 11 is 5.30. The SMILES string of the molecule is CC1CC(NC(=S)Nc2ccccc2F)CC(C)(C)C1. The maximum Gasteiger partial charge on any atom is 0.171 e. The molecule has 4 heteroatoms. The number of nitrogens with one attached hydrogen (secondary N) is 2. The minimum absolute atomic E-state index is 0.283. The van der Waals surface area contributed by atoms with Crippen LogP contribution >= 0.6 is 12.2 Å². The van der Waals surface area contributed by atoms with E-state index in [1.807, 2.05) is 0 Å². The Labute approximate surface area is 126 Å². The average molecular weight is 294 g/mol. The van der Waals surface area contributed by atoms with E-state index in [1.54, 1.807) is 18.2 Å². The summed E-state index contributed by atoms with van der Waals surface area (Å²) in [5, 5.41) is 6.78. The summed E-state index contributed by atoms with van der Waals surface area (Å²) in [6.07, 6.45) is 3.46. The van der Waals surface area contributed by atoms with Crippen LogP contribution in [0.25, 0.3) is 0 Å². The molecule has 0 saturated heterocycles. The summed E-state index contributed by atoms with van der Waals surface area (Å²) in [5.41, 5.74) is 0.760. The molecule has 2 unspecified atom stereocenters. The minimum atomic E-state index is -0.283. The number of benzene rings is 1. The fourth-order valence-corrected chi connectivity index (χ4v) is 3.64. The average Bonchev–Trinajstić information content (AvgIpc) is 2.29. The zero-order valence-corrected chi connectivity index (χ0v) is 13.2. The Bertz CT molecular complexity index is 487. The van der Waals surface area contributed by atoms with E-state index in [4.69, 9.17) is 12.2 Å². The van der Waals surface area contributed by atoms with Gasteiger partial charge in [0.2, 0.25) is 0 Å². The zero-order chi connectivity index (χ0) is 14.8. The van der Waals surface area contributed by atoms with Gasteiger partial charge in [-0.15, -0.1) is 0 Å². The Kier molecular flexibility index (Phi) is 4.63. The molecule has 1 aromatic rings. The minimum Gasteiger partial charge on any atom is -0.360 e. The lowest BCUT2D eigenvalue weighted by molar-refractivity contribution is 0.162. The fraction of sp³-hybridized carbons (Fsp3) is 0.562. The van der Waals surface area contributed by atoms with Gasteiger partial charge in [0.15, 0.2) is 5.11 Å². The first-order chi connectivity index (χ1) is 9.35. The highest BCUT2D eigenvalue weighted by Crippen LogP contribution is 2.38. The molecule has 20 heavy (non-hydrogen) atoms. The summed E-state index contributed by atoms with van der Waals surface area (Å²) in [6, 6.07) is 6.94. The molecule has 2 N–H and O–H groups in total. The quantitative estimate of drug-likeness (QED) is 0.794. The summed E-state index contributed by atoms with van der Waals surface area (Å²) in [4.78, 5) is 0. The predicted octanol–water partition coefficient (Wildman–Crippen LogP) is 4.33. The van der Waals surface area contributed by atoms with Crippen molar-refractivity contribution in [1.82, 2.24) is 5.32 Å². The van der Waals surface area contributed by atoms with Crippen molar-refractivity contribution >= 4 is 23.0 Å². The molecule has 0 spiro atoms. The van der Waals surface area contributed by atoms with E-state index in [-0.39, 0.29) is 5.82 Å². The highest BCUT2D eigenvalue weighted by molar-refractivity contribution is 7.80. The van der Waals surface area contributed by atoms with Crippen molar-refractivity contribution in [2.75, 3.05) is 5.32 Å². The fourth-order valence-electron chi connectivity index (χ4n) is 3.36. The van der Waals surface area contributed by atoms with Crippen molar-refractivity contribution < 1.29 is 4.39 Å². The Morgan fingerprint density at radius 2 is 2.00 bits per heavy atom. The second-order valence-corrected chi connectivity index (χ2v) is 7.10. The second kappa shape index (κ2) is 6.08. The van der Waals surface area contributed by atoms with Crippen LogP contribution in [0.5, 0.6) is 0 Å². The molecule has 0 bridgehead atoms. The molecule has 0 heterocycles. The molecular weight excluding hydrogens is 271 g/mol. The van der Waals surface area contributed by atoms with E-state index >= 15 is 0 Å². The maximum atomic E-state index is 13.6. The van der Waals surface area contributed by atoms with E-state index in [9.17, 15) is 4.39 Å². The Balaban J connectivity index is 1.93. The molecule has 110 valence electrons. The summed E-state index contributed by atoms with van der Waals surface area (Å²) in [6.45, 7) is 6.87. The van der Waals surface area contributed by atoms with Crippen LogP contribution in [0, 0.1) is 17.2 Å². The summed E-state index contributed by atoms with van der Waals surface area (Å²) < 4.78 is 13.6. The standard InChI is InChI=1S/C16H23FN2S/c1-11-8-12(10-16(2,3)9-11)18-15(20)19-14-7-5-4-6-13(14)17/h4-7,11-12H,8-10H2,1-3H3,(H2,18,19,20). The first-order valence-corrected chi connectivity index (χ1v) is 7.58. The largest absolute Gasteiger partial charge is 0.360 e. The van der Waals surface area contributed by atoms with Crippen molar-refractivity contribution in [2.45, 2.75) is 46.1 Å². The third-order valence-corrected chi connectivity index (χ3v) is 4.06. The predicted molar refractivity (Wildman–Crippen MR) is 86.3 cm³/mol. The van der Waals surface area contributed by atoms with Crippen molar-refractivity contribution in [3.05, 3.63) is 30.1 Å². The maximum absolute atomic E-state index is 13.6. The van der Waals surface area contributed by atoms with Crippen LogP contribution in [-0.4, -0.2) is 11.2 Å². The molecule has 1 fully saturated rings. The molecule has 1 aliphatic carbocycles. The molecule has 0 amide bonds. The monoisotopic (exact) mass is 294 g/mol. The van der Waals surface area contributed by atoms with Gasteiger partial charge >= 0.3 is 0 Å². The van der Waals surface area contributed by atoms with Crippen LogP contribution < -0.4 is 10.6 Å². The molecule has 2 rings (SSSR count). The Hall–Kier alpha value is -1.16. The van der Waals surface area contributed by atoms with Crippen LogP contribution in [0.4, 0.5) is 10.1 Å². The normalized spacial score (nSPS) is 25.0. The van der Waals surface area contributed by atoms with Crippen LogP contribution in [0.3, 0.4) is 0 Å². The van der Waals surface area contributed by atoms with E-state index in [0.717, 1.165) is 12.8 Å².